The first kappa shape index (κ1) is 24.4. The van der Waals surface area contributed by atoms with Gasteiger partial charge in [0.05, 0.1) is 25.1 Å². The molecule has 0 spiro atoms. The summed E-state index contributed by atoms with van der Waals surface area (Å²) in [5.41, 5.74) is 3.31. The molecular formula is C27H28N4O3S. The maximum Gasteiger partial charge on any atom is 0.227 e. The van der Waals surface area contributed by atoms with Crippen molar-refractivity contribution in [2.24, 2.45) is 0 Å². The Bertz CT molecular complexity index is 1250. The number of rotatable bonds is 8. The molecule has 0 radical (unpaired) electrons. The van der Waals surface area contributed by atoms with E-state index < -0.39 is 0 Å². The molecule has 0 unspecified atom stereocenters. The van der Waals surface area contributed by atoms with Crippen LogP contribution in [-0.4, -0.2) is 34.8 Å². The molecule has 2 amide bonds. The monoisotopic (exact) mass is 488 g/mol. The van der Waals surface area contributed by atoms with Crippen molar-refractivity contribution in [1.29, 1.82) is 5.26 Å². The Kier molecular flexibility index (Phi) is 7.78. The molecule has 3 heterocycles. The van der Waals surface area contributed by atoms with Crippen LogP contribution in [-0.2, 0) is 29.0 Å². The average molecular weight is 489 g/mol. The molecule has 180 valence electrons. The molecule has 1 N–H and O–H groups in total. The maximum absolute atomic E-state index is 12.9. The number of hydrogen-bond acceptors (Lipinski definition) is 6. The Morgan fingerprint density at radius 2 is 2.11 bits per heavy atom. The summed E-state index contributed by atoms with van der Waals surface area (Å²) in [6.07, 6.45) is 4.55. The Morgan fingerprint density at radius 1 is 1.29 bits per heavy atom. The van der Waals surface area contributed by atoms with Crippen molar-refractivity contribution in [2.45, 2.75) is 45.6 Å². The number of amides is 2. The fourth-order valence-electron chi connectivity index (χ4n) is 4.35. The van der Waals surface area contributed by atoms with Gasteiger partial charge in [0.25, 0.3) is 0 Å². The van der Waals surface area contributed by atoms with Crippen LogP contribution in [0, 0.1) is 11.3 Å². The van der Waals surface area contributed by atoms with E-state index in [0.29, 0.717) is 43.1 Å². The van der Waals surface area contributed by atoms with Gasteiger partial charge in [-0.2, -0.15) is 5.26 Å². The number of para-hydroxylation sites is 1. The van der Waals surface area contributed by atoms with Gasteiger partial charge in [-0.15, -0.1) is 11.3 Å². The van der Waals surface area contributed by atoms with E-state index in [2.05, 4.69) is 16.4 Å². The molecule has 0 saturated heterocycles. The van der Waals surface area contributed by atoms with Gasteiger partial charge in [-0.05, 0) is 48.1 Å². The molecule has 1 atom stereocenters. The normalized spacial score (nSPS) is 13.5. The van der Waals surface area contributed by atoms with E-state index >= 15 is 0 Å². The number of nitriles is 1. The number of benzene rings is 1. The quantitative estimate of drug-likeness (QED) is 0.497. The lowest BCUT2D eigenvalue weighted by atomic mass is 9.96. The number of carbonyl (C=O) groups is 2. The molecular weight excluding hydrogens is 460 g/mol. The molecule has 0 saturated carbocycles. The van der Waals surface area contributed by atoms with Gasteiger partial charge in [0.15, 0.2) is 0 Å². The van der Waals surface area contributed by atoms with Crippen molar-refractivity contribution >= 4 is 28.2 Å². The second-order valence-corrected chi connectivity index (χ2v) is 9.65. The molecule has 0 fully saturated rings. The zero-order valence-electron chi connectivity index (χ0n) is 19.9. The summed E-state index contributed by atoms with van der Waals surface area (Å²) in [6.45, 7) is 5.49. The summed E-state index contributed by atoms with van der Waals surface area (Å²) in [6, 6.07) is 13.7. The highest BCUT2D eigenvalue weighted by molar-refractivity contribution is 7.16. The SMILES string of the molecule is CCOc1ccccc1[C@@H](C)CC(=O)Nc1sc2c(c1C#N)CCN(C(=O)Cc1cccnc1)C2. The topological polar surface area (TPSA) is 95.3 Å². The summed E-state index contributed by atoms with van der Waals surface area (Å²) in [4.78, 5) is 32.5. The number of fused-ring (bicyclic) bond motifs is 1. The largest absolute Gasteiger partial charge is 0.494 e. The molecule has 8 heteroatoms. The number of thiophene rings is 1. The first-order valence-corrected chi connectivity index (χ1v) is 12.5. The van der Waals surface area contributed by atoms with E-state index in [9.17, 15) is 14.9 Å². The van der Waals surface area contributed by atoms with Crippen LogP contribution in [0.15, 0.2) is 48.8 Å². The molecule has 1 aromatic carbocycles. The van der Waals surface area contributed by atoms with Crippen molar-refractivity contribution in [3.63, 3.8) is 0 Å². The minimum Gasteiger partial charge on any atom is -0.494 e. The Hall–Kier alpha value is -3.70. The lowest BCUT2D eigenvalue weighted by molar-refractivity contribution is -0.131. The highest BCUT2D eigenvalue weighted by Crippen LogP contribution is 2.37. The zero-order valence-corrected chi connectivity index (χ0v) is 20.7. The highest BCUT2D eigenvalue weighted by Gasteiger charge is 2.28. The van der Waals surface area contributed by atoms with Crippen molar-refractivity contribution < 1.29 is 14.3 Å². The highest BCUT2D eigenvalue weighted by atomic mass is 32.1. The van der Waals surface area contributed by atoms with Crippen LogP contribution < -0.4 is 10.1 Å². The molecule has 0 aliphatic carbocycles. The van der Waals surface area contributed by atoms with E-state index in [4.69, 9.17) is 4.74 Å². The number of nitrogens with one attached hydrogen (secondary N) is 1. The summed E-state index contributed by atoms with van der Waals surface area (Å²) < 4.78 is 5.71. The summed E-state index contributed by atoms with van der Waals surface area (Å²) in [7, 11) is 0. The Labute approximate surface area is 209 Å². The second kappa shape index (κ2) is 11.2. The molecule has 35 heavy (non-hydrogen) atoms. The smallest absolute Gasteiger partial charge is 0.227 e. The number of aromatic nitrogens is 1. The summed E-state index contributed by atoms with van der Waals surface area (Å²) in [5, 5.41) is 13.3. The number of pyridine rings is 1. The zero-order chi connectivity index (χ0) is 24.8. The fourth-order valence-corrected chi connectivity index (χ4v) is 5.58. The number of ether oxygens (including phenoxy) is 1. The van der Waals surface area contributed by atoms with Crippen molar-refractivity contribution in [1.82, 2.24) is 9.88 Å². The lowest BCUT2D eigenvalue weighted by Gasteiger charge is -2.27. The van der Waals surface area contributed by atoms with Crippen LogP contribution in [0.3, 0.4) is 0 Å². The number of carbonyl (C=O) groups excluding carboxylic acids is 2. The van der Waals surface area contributed by atoms with Crippen LogP contribution in [0.4, 0.5) is 5.00 Å². The predicted octanol–water partition coefficient (Wildman–Crippen LogP) is 4.67. The van der Waals surface area contributed by atoms with Crippen molar-refractivity contribution in [2.75, 3.05) is 18.5 Å². The van der Waals surface area contributed by atoms with E-state index in [-0.39, 0.29) is 24.2 Å². The first-order chi connectivity index (χ1) is 17.0. The van der Waals surface area contributed by atoms with Gasteiger partial charge < -0.3 is 15.0 Å². The van der Waals surface area contributed by atoms with Crippen molar-refractivity contribution in [3.8, 4) is 11.8 Å². The van der Waals surface area contributed by atoms with Gasteiger partial charge in [0.2, 0.25) is 11.8 Å². The molecule has 7 nitrogen and oxygen atoms in total. The molecule has 3 aromatic rings. The third-order valence-corrected chi connectivity index (χ3v) is 7.23. The Morgan fingerprint density at radius 3 is 2.86 bits per heavy atom. The minimum absolute atomic E-state index is 0.0305. The van der Waals surface area contributed by atoms with Gasteiger partial charge in [-0.25, -0.2) is 0 Å². The third kappa shape index (κ3) is 5.69. The van der Waals surface area contributed by atoms with Gasteiger partial charge in [0.1, 0.15) is 16.8 Å². The van der Waals surface area contributed by atoms with Crippen LogP contribution in [0.5, 0.6) is 5.75 Å². The lowest BCUT2D eigenvalue weighted by Crippen LogP contribution is -2.36. The van der Waals surface area contributed by atoms with E-state index in [0.717, 1.165) is 27.3 Å². The fraction of sp³-hybridized carbons (Fsp3) is 0.333. The van der Waals surface area contributed by atoms with Crippen LogP contribution in [0.2, 0.25) is 0 Å². The number of anilines is 1. The molecule has 0 bridgehead atoms. The van der Waals surface area contributed by atoms with Gasteiger partial charge in [0, 0.05) is 30.2 Å². The standard InChI is InChI=1S/C27H28N4O3S/c1-3-34-23-9-5-4-8-20(23)18(2)13-25(32)30-27-22(15-28)21-10-12-31(17-24(21)35-27)26(33)14-19-7-6-11-29-16-19/h4-9,11,16,18H,3,10,12-14,17H2,1-2H3,(H,30,32)/t18-/m0/s1. The van der Waals surface area contributed by atoms with E-state index in [1.807, 2.05) is 55.1 Å². The third-order valence-electron chi connectivity index (χ3n) is 6.09. The van der Waals surface area contributed by atoms with Gasteiger partial charge in [-0.1, -0.05) is 31.2 Å². The maximum atomic E-state index is 12.9. The number of hydrogen-bond donors (Lipinski definition) is 1. The first-order valence-electron chi connectivity index (χ1n) is 11.7. The second-order valence-electron chi connectivity index (χ2n) is 8.55. The summed E-state index contributed by atoms with van der Waals surface area (Å²) in [5.74, 6) is 0.625. The van der Waals surface area contributed by atoms with Crippen LogP contribution >= 0.6 is 11.3 Å². The van der Waals surface area contributed by atoms with E-state index in [1.54, 1.807) is 12.4 Å². The van der Waals surface area contributed by atoms with Gasteiger partial charge >= 0.3 is 0 Å². The minimum atomic E-state index is -0.150. The van der Waals surface area contributed by atoms with E-state index in [1.165, 1.54) is 11.3 Å². The number of nitrogens with zero attached hydrogens (tertiary/aromatic N) is 3. The summed E-state index contributed by atoms with van der Waals surface area (Å²) >= 11 is 1.39. The average Bonchev–Trinajstić information content (AvgIpc) is 3.20. The van der Waals surface area contributed by atoms with Crippen LogP contribution in [0.1, 0.15) is 53.3 Å². The van der Waals surface area contributed by atoms with Crippen LogP contribution in [0.25, 0.3) is 0 Å². The molecule has 2 aromatic heterocycles. The molecule has 1 aliphatic heterocycles. The molecule has 1 aliphatic rings. The molecule has 4 rings (SSSR count). The van der Waals surface area contributed by atoms with Gasteiger partial charge in [-0.3, -0.25) is 14.6 Å². The Balaban J connectivity index is 1.43. The predicted molar refractivity (Wildman–Crippen MR) is 135 cm³/mol. The van der Waals surface area contributed by atoms with Crippen molar-refractivity contribution in [3.05, 3.63) is 75.9 Å².